The minimum Gasteiger partial charge on any atom is -0.350 e. The maximum atomic E-state index is 12.4. The summed E-state index contributed by atoms with van der Waals surface area (Å²) in [6, 6.07) is 16.0. The molecular weight excluding hydrogens is 302 g/mol. The molecule has 1 aromatic carbocycles. The van der Waals surface area contributed by atoms with Gasteiger partial charge in [-0.2, -0.15) is 5.10 Å². The minimum atomic E-state index is -0.239. The van der Waals surface area contributed by atoms with Crippen molar-refractivity contribution in [2.45, 2.75) is 25.0 Å². The van der Waals surface area contributed by atoms with Crippen LogP contribution >= 0.6 is 0 Å². The zero-order valence-corrected chi connectivity index (χ0v) is 13.1. The summed E-state index contributed by atoms with van der Waals surface area (Å²) in [6.07, 6.45) is 4.42. The molecule has 0 bridgehead atoms. The van der Waals surface area contributed by atoms with Crippen molar-refractivity contribution in [1.82, 2.24) is 25.8 Å². The van der Waals surface area contributed by atoms with E-state index in [1.807, 2.05) is 47.1 Å². The Morgan fingerprint density at radius 3 is 2.88 bits per heavy atom. The molecule has 1 saturated heterocycles. The zero-order valence-electron chi connectivity index (χ0n) is 13.1. The number of carbonyl (C=O) groups excluding carboxylic acids is 1. The van der Waals surface area contributed by atoms with E-state index < -0.39 is 0 Å². The number of fused-ring (bicyclic) bond motifs is 1. The fraction of sp³-hybridized carbons (Fsp3) is 0.222. The number of rotatable bonds is 4. The summed E-state index contributed by atoms with van der Waals surface area (Å²) in [5.74, 6) is -0.00351. The van der Waals surface area contributed by atoms with Crippen molar-refractivity contribution in [3.05, 3.63) is 72.1 Å². The van der Waals surface area contributed by atoms with Gasteiger partial charge >= 0.3 is 0 Å². The fourth-order valence-corrected chi connectivity index (χ4v) is 3.06. The maximum Gasteiger partial charge on any atom is 0.238 e. The molecule has 122 valence electrons. The van der Waals surface area contributed by atoms with Crippen molar-refractivity contribution in [2.24, 2.45) is 0 Å². The van der Waals surface area contributed by atoms with Crippen LogP contribution in [0.4, 0.5) is 0 Å². The lowest BCUT2D eigenvalue weighted by atomic mass is 10.0. The summed E-state index contributed by atoms with van der Waals surface area (Å²) in [5, 5.41) is 7.28. The number of nitrogens with one attached hydrogen (secondary N) is 3. The van der Waals surface area contributed by atoms with E-state index in [1.165, 1.54) is 5.56 Å². The molecular formula is C18H19N5O. The van der Waals surface area contributed by atoms with Gasteiger partial charge in [-0.3, -0.25) is 4.79 Å². The SMILES string of the molecule is O=C(NCc1cnn2ccccc12)C1CC(c2ccccc2)NN1. The molecule has 1 aliphatic heterocycles. The molecule has 1 aliphatic rings. The Morgan fingerprint density at radius 1 is 1.17 bits per heavy atom. The van der Waals surface area contributed by atoms with Gasteiger partial charge in [0.2, 0.25) is 5.91 Å². The molecule has 1 amide bonds. The van der Waals surface area contributed by atoms with Gasteiger partial charge in [0.25, 0.3) is 0 Å². The van der Waals surface area contributed by atoms with E-state index in [9.17, 15) is 4.79 Å². The Labute approximate surface area is 139 Å². The van der Waals surface area contributed by atoms with Crippen molar-refractivity contribution in [3.8, 4) is 0 Å². The molecule has 2 unspecified atom stereocenters. The second-order valence-electron chi connectivity index (χ2n) is 5.96. The third kappa shape index (κ3) is 2.89. The zero-order chi connectivity index (χ0) is 16.4. The van der Waals surface area contributed by atoms with Crippen molar-refractivity contribution in [2.75, 3.05) is 0 Å². The Bertz CT molecular complexity index is 845. The van der Waals surface area contributed by atoms with Crippen molar-refractivity contribution in [1.29, 1.82) is 0 Å². The molecule has 3 N–H and O–H groups in total. The van der Waals surface area contributed by atoms with Gasteiger partial charge in [-0.05, 0) is 24.1 Å². The smallest absolute Gasteiger partial charge is 0.238 e. The van der Waals surface area contributed by atoms with Gasteiger partial charge in [-0.25, -0.2) is 15.4 Å². The van der Waals surface area contributed by atoms with E-state index >= 15 is 0 Å². The van der Waals surface area contributed by atoms with E-state index in [1.54, 1.807) is 6.20 Å². The van der Waals surface area contributed by atoms with Crippen LogP contribution < -0.4 is 16.2 Å². The van der Waals surface area contributed by atoms with Gasteiger partial charge in [0.1, 0.15) is 6.04 Å². The first-order chi connectivity index (χ1) is 11.8. The number of hydrazine groups is 1. The van der Waals surface area contributed by atoms with Crippen molar-refractivity contribution >= 4 is 11.4 Å². The normalized spacial score (nSPS) is 20.3. The quantitative estimate of drug-likeness (QED) is 0.682. The van der Waals surface area contributed by atoms with Crippen LogP contribution in [0.5, 0.6) is 0 Å². The van der Waals surface area contributed by atoms with Gasteiger partial charge in [-0.15, -0.1) is 0 Å². The number of pyridine rings is 1. The highest BCUT2D eigenvalue weighted by atomic mass is 16.2. The van der Waals surface area contributed by atoms with Crippen molar-refractivity contribution in [3.63, 3.8) is 0 Å². The molecule has 3 aromatic rings. The summed E-state index contributed by atoms with van der Waals surface area (Å²) >= 11 is 0. The highest BCUT2D eigenvalue weighted by molar-refractivity contribution is 5.82. The molecule has 0 spiro atoms. The lowest BCUT2D eigenvalue weighted by Crippen LogP contribution is -2.42. The third-order valence-corrected chi connectivity index (χ3v) is 4.38. The van der Waals surface area contributed by atoms with Crippen LogP contribution in [-0.4, -0.2) is 21.6 Å². The molecule has 2 aromatic heterocycles. The maximum absolute atomic E-state index is 12.4. The number of hydrogen-bond acceptors (Lipinski definition) is 4. The Kier molecular flexibility index (Phi) is 3.98. The molecule has 0 saturated carbocycles. The van der Waals surface area contributed by atoms with Gasteiger partial charge in [0, 0.05) is 24.3 Å². The van der Waals surface area contributed by atoms with E-state index in [2.05, 4.69) is 33.4 Å². The highest BCUT2D eigenvalue weighted by Gasteiger charge is 2.29. The van der Waals surface area contributed by atoms with Gasteiger partial charge < -0.3 is 5.32 Å². The topological polar surface area (TPSA) is 70.5 Å². The van der Waals surface area contributed by atoms with Crippen LogP contribution in [0.25, 0.3) is 5.52 Å². The second-order valence-corrected chi connectivity index (χ2v) is 5.96. The Morgan fingerprint density at radius 2 is 2.00 bits per heavy atom. The lowest BCUT2D eigenvalue weighted by Gasteiger charge is -2.10. The van der Waals surface area contributed by atoms with Crippen LogP contribution in [0.2, 0.25) is 0 Å². The Balaban J connectivity index is 1.37. The monoisotopic (exact) mass is 321 g/mol. The van der Waals surface area contributed by atoms with Gasteiger partial charge in [0.05, 0.1) is 11.7 Å². The first-order valence-electron chi connectivity index (χ1n) is 8.06. The number of nitrogens with zero attached hydrogens (tertiary/aromatic N) is 2. The van der Waals surface area contributed by atoms with Crippen LogP contribution in [0, 0.1) is 0 Å². The van der Waals surface area contributed by atoms with Crippen LogP contribution in [0.3, 0.4) is 0 Å². The van der Waals surface area contributed by atoms with E-state index in [0.717, 1.165) is 17.5 Å². The fourth-order valence-electron chi connectivity index (χ4n) is 3.06. The molecule has 0 radical (unpaired) electrons. The minimum absolute atomic E-state index is 0.00351. The van der Waals surface area contributed by atoms with E-state index in [0.29, 0.717) is 6.54 Å². The number of aromatic nitrogens is 2. The third-order valence-electron chi connectivity index (χ3n) is 4.38. The Hall–Kier alpha value is -2.70. The van der Waals surface area contributed by atoms with E-state index in [4.69, 9.17) is 0 Å². The summed E-state index contributed by atoms with van der Waals surface area (Å²) in [5.41, 5.74) is 9.49. The van der Waals surface area contributed by atoms with Crippen LogP contribution in [-0.2, 0) is 11.3 Å². The molecule has 1 fully saturated rings. The molecule has 2 atom stereocenters. The average molecular weight is 321 g/mol. The van der Waals surface area contributed by atoms with Crippen molar-refractivity contribution < 1.29 is 4.79 Å². The summed E-state index contributed by atoms with van der Waals surface area (Å²) < 4.78 is 1.81. The summed E-state index contributed by atoms with van der Waals surface area (Å²) in [4.78, 5) is 12.4. The van der Waals surface area contributed by atoms with E-state index in [-0.39, 0.29) is 18.0 Å². The predicted octanol–water partition coefficient (Wildman–Crippen LogP) is 1.56. The molecule has 6 heteroatoms. The first-order valence-corrected chi connectivity index (χ1v) is 8.06. The van der Waals surface area contributed by atoms with Crippen LogP contribution in [0.15, 0.2) is 60.9 Å². The molecule has 0 aliphatic carbocycles. The number of benzene rings is 1. The lowest BCUT2D eigenvalue weighted by molar-refractivity contribution is -0.123. The second kappa shape index (κ2) is 6.43. The van der Waals surface area contributed by atoms with Gasteiger partial charge in [-0.1, -0.05) is 36.4 Å². The van der Waals surface area contributed by atoms with Crippen LogP contribution in [0.1, 0.15) is 23.6 Å². The molecule has 3 heterocycles. The highest BCUT2D eigenvalue weighted by Crippen LogP contribution is 2.21. The number of amides is 1. The molecule has 6 nitrogen and oxygen atoms in total. The largest absolute Gasteiger partial charge is 0.350 e. The molecule has 4 rings (SSSR count). The summed E-state index contributed by atoms with van der Waals surface area (Å²) in [7, 11) is 0. The summed E-state index contributed by atoms with van der Waals surface area (Å²) in [6.45, 7) is 0.473. The van der Waals surface area contributed by atoms with Gasteiger partial charge in [0.15, 0.2) is 0 Å². The number of carbonyl (C=O) groups is 1. The first kappa shape index (κ1) is 14.9. The number of hydrogen-bond donors (Lipinski definition) is 3. The predicted molar refractivity (Wildman–Crippen MR) is 90.9 cm³/mol. The standard InChI is InChI=1S/C18H19N5O/c24-18(16-10-15(21-22-16)13-6-2-1-3-7-13)19-11-14-12-20-23-9-5-4-8-17(14)23/h1-9,12,15-16,21-22H,10-11H2,(H,19,24). The molecule has 24 heavy (non-hydrogen) atoms. The average Bonchev–Trinajstić information content (AvgIpc) is 3.28.